The standard InChI is InChI=1S/C10H16ClNO5/c1-16-9(14)6-12(7-10(15)17-2)8(13)4-3-5-11/h3-7H2,1-2H3. The van der Waals surface area contributed by atoms with E-state index in [1.165, 1.54) is 14.2 Å². The molecule has 0 bridgehead atoms. The van der Waals surface area contributed by atoms with E-state index in [1.807, 2.05) is 0 Å². The van der Waals surface area contributed by atoms with E-state index in [2.05, 4.69) is 9.47 Å². The lowest BCUT2D eigenvalue weighted by Gasteiger charge is -2.19. The summed E-state index contributed by atoms with van der Waals surface area (Å²) in [5.74, 6) is -1.17. The van der Waals surface area contributed by atoms with E-state index >= 15 is 0 Å². The summed E-state index contributed by atoms with van der Waals surface area (Å²) in [6.07, 6.45) is 0.663. The normalized spacial score (nSPS) is 9.59. The molecule has 0 spiro atoms. The average molecular weight is 266 g/mol. The third kappa shape index (κ3) is 6.78. The van der Waals surface area contributed by atoms with Gasteiger partial charge in [0.2, 0.25) is 5.91 Å². The summed E-state index contributed by atoms with van der Waals surface area (Å²) in [7, 11) is 2.42. The van der Waals surface area contributed by atoms with Crippen LogP contribution in [0.5, 0.6) is 0 Å². The number of ether oxygens (including phenoxy) is 2. The van der Waals surface area contributed by atoms with E-state index in [-0.39, 0.29) is 25.4 Å². The SMILES string of the molecule is COC(=O)CN(CC(=O)OC)C(=O)CCCCl. The van der Waals surface area contributed by atoms with Gasteiger partial charge < -0.3 is 14.4 Å². The van der Waals surface area contributed by atoms with Crippen molar-refractivity contribution in [3.63, 3.8) is 0 Å². The van der Waals surface area contributed by atoms with E-state index in [4.69, 9.17) is 11.6 Å². The first-order valence-corrected chi connectivity index (χ1v) is 5.56. The Balaban J connectivity index is 4.42. The Bertz CT molecular complexity index is 264. The Morgan fingerprint density at radius 2 is 1.53 bits per heavy atom. The molecule has 0 saturated heterocycles. The van der Waals surface area contributed by atoms with Crippen LogP contribution in [0.25, 0.3) is 0 Å². The van der Waals surface area contributed by atoms with Gasteiger partial charge in [0, 0.05) is 12.3 Å². The van der Waals surface area contributed by atoms with Crippen molar-refractivity contribution in [1.82, 2.24) is 4.90 Å². The number of alkyl halides is 1. The molecule has 0 heterocycles. The molecule has 1 amide bonds. The molecule has 0 aliphatic carbocycles. The van der Waals surface area contributed by atoms with Crippen LogP contribution in [0, 0.1) is 0 Å². The van der Waals surface area contributed by atoms with Crippen molar-refractivity contribution in [2.75, 3.05) is 33.2 Å². The molecule has 6 nitrogen and oxygen atoms in total. The number of methoxy groups -OCH3 is 2. The second-order valence-electron chi connectivity index (χ2n) is 3.19. The number of hydrogen-bond donors (Lipinski definition) is 0. The number of rotatable bonds is 7. The van der Waals surface area contributed by atoms with Crippen LogP contribution in [0.2, 0.25) is 0 Å². The zero-order chi connectivity index (χ0) is 13.3. The molecule has 0 aliphatic heterocycles. The Morgan fingerprint density at radius 3 is 1.88 bits per heavy atom. The van der Waals surface area contributed by atoms with Crippen molar-refractivity contribution in [3.8, 4) is 0 Å². The molecule has 0 saturated carbocycles. The first-order chi connectivity index (χ1) is 8.04. The minimum Gasteiger partial charge on any atom is -0.468 e. The topological polar surface area (TPSA) is 72.9 Å². The maximum Gasteiger partial charge on any atom is 0.325 e. The summed E-state index contributed by atoms with van der Waals surface area (Å²) in [5, 5.41) is 0. The van der Waals surface area contributed by atoms with Crippen LogP contribution >= 0.6 is 11.6 Å². The summed E-state index contributed by atoms with van der Waals surface area (Å²) in [5.41, 5.74) is 0. The molecule has 0 atom stereocenters. The number of halogens is 1. The molecule has 7 heteroatoms. The van der Waals surface area contributed by atoms with Crippen LogP contribution in [-0.4, -0.2) is 55.9 Å². The van der Waals surface area contributed by atoms with Crippen molar-refractivity contribution in [3.05, 3.63) is 0 Å². The average Bonchev–Trinajstić information content (AvgIpc) is 2.34. The Hall–Kier alpha value is -1.30. The van der Waals surface area contributed by atoms with Gasteiger partial charge in [0.1, 0.15) is 13.1 Å². The highest BCUT2D eigenvalue weighted by Crippen LogP contribution is 2.00. The summed E-state index contributed by atoms with van der Waals surface area (Å²) in [6, 6.07) is 0. The molecule has 0 aliphatic rings. The highest BCUT2D eigenvalue weighted by molar-refractivity contribution is 6.17. The van der Waals surface area contributed by atoms with Crippen LogP contribution in [0.3, 0.4) is 0 Å². The number of hydrogen-bond acceptors (Lipinski definition) is 5. The molecule has 98 valence electrons. The second-order valence-corrected chi connectivity index (χ2v) is 3.57. The summed E-state index contributed by atoms with van der Waals surface area (Å²) in [6.45, 7) is -0.542. The highest BCUT2D eigenvalue weighted by Gasteiger charge is 2.20. The monoisotopic (exact) mass is 265 g/mol. The third-order valence-corrected chi connectivity index (χ3v) is 2.24. The van der Waals surface area contributed by atoms with Crippen molar-refractivity contribution >= 4 is 29.4 Å². The molecule has 0 aromatic carbocycles. The van der Waals surface area contributed by atoms with Gasteiger partial charge >= 0.3 is 11.9 Å². The number of carbonyl (C=O) groups excluding carboxylic acids is 3. The van der Waals surface area contributed by atoms with Gasteiger partial charge in [-0.2, -0.15) is 0 Å². The fourth-order valence-corrected chi connectivity index (χ4v) is 1.18. The molecular weight excluding hydrogens is 250 g/mol. The number of nitrogens with zero attached hydrogens (tertiary/aromatic N) is 1. The molecule has 0 rings (SSSR count). The second kappa shape index (κ2) is 8.81. The lowest BCUT2D eigenvalue weighted by atomic mass is 10.3. The Labute approximate surface area is 105 Å². The molecule has 0 aromatic rings. The van der Waals surface area contributed by atoms with Gasteiger partial charge in [0.25, 0.3) is 0 Å². The maximum atomic E-state index is 11.7. The van der Waals surface area contributed by atoms with Crippen LogP contribution in [0.4, 0.5) is 0 Å². The minimum atomic E-state index is -0.590. The first-order valence-electron chi connectivity index (χ1n) is 5.02. The summed E-state index contributed by atoms with van der Waals surface area (Å²) < 4.78 is 8.88. The number of amides is 1. The molecule has 17 heavy (non-hydrogen) atoms. The van der Waals surface area contributed by atoms with Crippen LogP contribution in [-0.2, 0) is 23.9 Å². The van der Waals surface area contributed by atoms with E-state index < -0.39 is 11.9 Å². The third-order valence-electron chi connectivity index (χ3n) is 1.97. The molecule has 0 fully saturated rings. The zero-order valence-electron chi connectivity index (χ0n) is 9.90. The fraction of sp³-hybridized carbons (Fsp3) is 0.700. The van der Waals surface area contributed by atoms with Gasteiger partial charge in [-0.3, -0.25) is 14.4 Å². The van der Waals surface area contributed by atoms with Crippen LogP contribution in [0.1, 0.15) is 12.8 Å². The lowest BCUT2D eigenvalue weighted by molar-refractivity contribution is -0.152. The van der Waals surface area contributed by atoms with Gasteiger partial charge in [-0.05, 0) is 6.42 Å². The van der Waals surface area contributed by atoms with Crippen molar-refractivity contribution in [2.45, 2.75) is 12.8 Å². The zero-order valence-corrected chi connectivity index (χ0v) is 10.7. The van der Waals surface area contributed by atoms with Crippen molar-refractivity contribution < 1.29 is 23.9 Å². The van der Waals surface area contributed by atoms with E-state index in [9.17, 15) is 14.4 Å². The Kier molecular flexibility index (Phi) is 8.13. The molecular formula is C10H16ClNO5. The molecule has 0 aromatic heterocycles. The molecule has 0 unspecified atom stereocenters. The summed E-state index contributed by atoms with van der Waals surface area (Å²) in [4.78, 5) is 34.9. The predicted molar refractivity (Wildman–Crippen MR) is 60.6 cm³/mol. The van der Waals surface area contributed by atoms with E-state index in [0.29, 0.717) is 12.3 Å². The minimum absolute atomic E-state index is 0.178. The fourth-order valence-electron chi connectivity index (χ4n) is 1.05. The number of carbonyl (C=O) groups is 3. The van der Waals surface area contributed by atoms with Gasteiger partial charge in [0.05, 0.1) is 14.2 Å². The predicted octanol–water partition coefficient (Wildman–Crippen LogP) is 0.180. The molecule has 0 radical (unpaired) electrons. The van der Waals surface area contributed by atoms with Crippen molar-refractivity contribution in [1.29, 1.82) is 0 Å². The Morgan fingerprint density at radius 1 is 1.06 bits per heavy atom. The van der Waals surface area contributed by atoms with Crippen molar-refractivity contribution in [2.24, 2.45) is 0 Å². The number of esters is 2. The summed E-state index contributed by atoms with van der Waals surface area (Å²) >= 11 is 5.46. The van der Waals surface area contributed by atoms with Gasteiger partial charge in [-0.25, -0.2) is 0 Å². The first kappa shape index (κ1) is 15.7. The quantitative estimate of drug-likeness (QED) is 0.485. The van der Waals surface area contributed by atoms with Gasteiger partial charge in [-0.15, -0.1) is 11.6 Å². The lowest BCUT2D eigenvalue weighted by Crippen LogP contribution is -2.40. The van der Waals surface area contributed by atoms with E-state index in [1.54, 1.807) is 0 Å². The highest BCUT2D eigenvalue weighted by atomic mass is 35.5. The van der Waals surface area contributed by atoms with Gasteiger partial charge in [0.15, 0.2) is 0 Å². The van der Waals surface area contributed by atoms with E-state index in [0.717, 1.165) is 4.90 Å². The smallest absolute Gasteiger partial charge is 0.325 e. The molecule has 0 N–H and O–H groups in total. The largest absolute Gasteiger partial charge is 0.468 e. The van der Waals surface area contributed by atoms with Gasteiger partial charge in [-0.1, -0.05) is 0 Å². The van der Waals surface area contributed by atoms with Crippen LogP contribution < -0.4 is 0 Å². The van der Waals surface area contributed by atoms with Crippen LogP contribution in [0.15, 0.2) is 0 Å². The maximum absolute atomic E-state index is 11.7.